The van der Waals surface area contributed by atoms with Gasteiger partial charge in [0.05, 0.1) is 22.4 Å². The largest absolute Gasteiger partial charge is 0.505 e. The number of phenols is 3. The summed E-state index contributed by atoms with van der Waals surface area (Å²) in [6.45, 7) is 0. The Bertz CT molecular complexity index is 4830. The normalized spacial score (nSPS) is 13.2. The first kappa shape index (κ1) is 54.0. The number of rotatable bonds is 13. The van der Waals surface area contributed by atoms with E-state index < -0.39 is 120 Å². The lowest BCUT2D eigenvalue weighted by Crippen LogP contribution is -2.02. The molecule has 0 spiro atoms. The smallest absolute Gasteiger partial charge is 0.296 e. The molecule has 0 bridgehead atoms. The molecule has 0 atom stereocenters. The van der Waals surface area contributed by atoms with Crippen LogP contribution in [0.15, 0.2) is 193 Å². The van der Waals surface area contributed by atoms with Crippen LogP contribution in [-0.2, 0) is 50.6 Å². The predicted molar refractivity (Wildman–Crippen MR) is 277 cm³/mol. The Morgan fingerprint density at radius 2 is 0.821 bits per heavy atom. The van der Waals surface area contributed by atoms with E-state index in [-0.39, 0.29) is 61.1 Å². The van der Waals surface area contributed by atoms with Crippen LogP contribution in [0.3, 0.4) is 0 Å². The summed E-state index contributed by atoms with van der Waals surface area (Å²) in [7, 11) is -25.4. The molecule has 9 rings (SSSR count). The van der Waals surface area contributed by atoms with Crippen molar-refractivity contribution < 1.29 is 80.2 Å². The number of anilines is 1. The van der Waals surface area contributed by atoms with Crippen molar-refractivity contribution in [3.63, 3.8) is 0 Å². The third-order valence-corrected chi connectivity index (χ3v) is 15.9. The standard InChI is InChI=1S/C46H31N9O18S5/c47-41-40-23(10-14-33(46(40)58)51-48-25-11-12-26-22(17-25)9-13-32(44(26)56)52-50-31-7-3-4-8-36(31)75(62,63)64)18-38(77(68,69)70)42(41)54-53-34-21-29-24(19-37(34)76(65,66)67)20-39(78(71,72)73)43(45(29)57)55-49-30-15-16-35(74(59,60)61)28-6-2-1-5-27(28)30/h1-21,56-58H,47H2,(H,59,60,61)(H,62,63,64)(H,65,66,67)(H,68,69,70)(H,71,72,73). The summed E-state index contributed by atoms with van der Waals surface area (Å²) in [4.78, 5) is -4.36. The number of nitrogens with two attached hydrogens (primary N) is 1. The number of benzene rings is 9. The van der Waals surface area contributed by atoms with E-state index >= 15 is 0 Å². The highest BCUT2D eigenvalue weighted by molar-refractivity contribution is 7.87. The van der Waals surface area contributed by atoms with Crippen LogP contribution in [0.2, 0.25) is 0 Å². The number of hydrogen-bond donors (Lipinski definition) is 9. The first-order valence-corrected chi connectivity index (χ1v) is 28.5. The molecule has 0 saturated carbocycles. The molecule has 78 heavy (non-hydrogen) atoms. The van der Waals surface area contributed by atoms with Crippen LogP contribution in [0.4, 0.5) is 51.2 Å². The van der Waals surface area contributed by atoms with Gasteiger partial charge in [-0.2, -0.15) is 47.2 Å². The minimum absolute atomic E-state index is 0.0404. The molecule has 0 aromatic heterocycles. The Morgan fingerprint density at radius 3 is 1.49 bits per heavy atom. The molecule has 0 unspecified atom stereocenters. The van der Waals surface area contributed by atoms with E-state index in [2.05, 4.69) is 40.9 Å². The van der Waals surface area contributed by atoms with Gasteiger partial charge in [-0.3, -0.25) is 22.8 Å². The first-order valence-electron chi connectivity index (χ1n) is 21.3. The Hall–Kier alpha value is -8.83. The molecule has 9 aromatic carbocycles. The zero-order valence-corrected chi connectivity index (χ0v) is 42.6. The highest BCUT2D eigenvalue weighted by atomic mass is 32.2. The minimum Gasteiger partial charge on any atom is -0.505 e. The lowest BCUT2D eigenvalue weighted by atomic mass is 10.1. The molecular weight excluding hydrogens is 1130 g/mol. The van der Waals surface area contributed by atoms with Gasteiger partial charge in [0.25, 0.3) is 50.6 Å². The van der Waals surface area contributed by atoms with Gasteiger partial charge in [0.15, 0.2) is 17.2 Å². The van der Waals surface area contributed by atoms with E-state index in [1.54, 1.807) is 0 Å². The molecule has 32 heteroatoms. The van der Waals surface area contributed by atoms with Gasteiger partial charge in [-0.15, -0.1) is 35.8 Å². The van der Waals surface area contributed by atoms with Crippen molar-refractivity contribution >= 4 is 145 Å². The second kappa shape index (κ2) is 19.6. The summed E-state index contributed by atoms with van der Waals surface area (Å²) in [6, 6.07) is 25.2. The van der Waals surface area contributed by atoms with E-state index in [0.29, 0.717) is 17.5 Å². The van der Waals surface area contributed by atoms with Crippen LogP contribution in [0.1, 0.15) is 0 Å². The Balaban J connectivity index is 1.10. The summed E-state index contributed by atoms with van der Waals surface area (Å²) >= 11 is 0. The molecule has 0 fully saturated rings. The molecular formula is C46H31N9O18S5. The average molecular weight is 1160 g/mol. The number of nitrogens with zero attached hydrogens (tertiary/aromatic N) is 8. The van der Waals surface area contributed by atoms with E-state index in [1.165, 1.54) is 84.9 Å². The summed E-state index contributed by atoms with van der Waals surface area (Å²) in [5.74, 6) is -2.21. The lowest BCUT2D eigenvalue weighted by Gasteiger charge is -2.13. The number of nitrogen functional groups attached to an aromatic ring is 1. The van der Waals surface area contributed by atoms with Gasteiger partial charge in [0, 0.05) is 21.5 Å². The van der Waals surface area contributed by atoms with Crippen molar-refractivity contribution in [2.24, 2.45) is 40.9 Å². The summed E-state index contributed by atoms with van der Waals surface area (Å²) < 4.78 is 174. The Morgan fingerprint density at radius 1 is 0.321 bits per heavy atom. The van der Waals surface area contributed by atoms with E-state index in [1.807, 2.05) is 0 Å². The van der Waals surface area contributed by atoms with Crippen LogP contribution >= 0.6 is 0 Å². The molecule has 0 amide bonds. The predicted octanol–water partition coefficient (Wildman–Crippen LogP) is 10.9. The Labute approximate surface area is 438 Å². The van der Waals surface area contributed by atoms with Gasteiger partial charge >= 0.3 is 0 Å². The third-order valence-electron chi connectivity index (χ3n) is 11.5. The highest BCUT2D eigenvalue weighted by Gasteiger charge is 2.28. The molecule has 0 aliphatic carbocycles. The topological polar surface area (TPSA) is 457 Å². The molecule has 0 saturated heterocycles. The van der Waals surface area contributed by atoms with Crippen molar-refractivity contribution in [3.05, 3.63) is 127 Å². The zero-order chi connectivity index (χ0) is 56.4. The summed E-state index contributed by atoms with van der Waals surface area (Å²) in [6.07, 6.45) is 0. The highest BCUT2D eigenvalue weighted by Crippen LogP contribution is 2.48. The van der Waals surface area contributed by atoms with Crippen molar-refractivity contribution in [1.82, 2.24) is 0 Å². The quantitative estimate of drug-likeness (QED) is 0.0294. The molecule has 0 aliphatic rings. The number of azo groups is 4. The molecule has 0 radical (unpaired) electrons. The number of phenolic OH excluding ortho intramolecular Hbond substituents is 3. The molecule has 398 valence electrons. The number of aromatic hydroxyl groups is 3. The molecule has 0 aliphatic heterocycles. The first-order chi connectivity index (χ1) is 36.5. The van der Waals surface area contributed by atoms with E-state index in [9.17, 15) is 80.2 Å². The maximum absolute atomic E-state index is 12.8. The molecule has 9 aromatic rings. The minimum atomic E-state index is -5.40. The summed E-state index contributed by atoms with van der Waals surface area (Å²) in [5.41, 5.74) is 2.38. The molecule has 27 nitrogen and oxygen atoms in total. The second-order valence-corrected chi connectivity index (χ2v) is 23.3. The van der Waals surface area contributed by atoms with Gasteiger partial charge in [0.1, 0.15) is 58.6 Å². The second-order valence-electron chi connectivity index (χ2n) is 16.4. The number of hydrogen-bond acceptors (Lipinski definition) is 22. The number of fused-ring (bicyclic) bond motifs is 4. The zero-order valence-electron chi connectivity index (χ0n) is 38.5. The fourth-order valence-electron chi connectivity index (χ4n) is 7.97. The van der Waals surface area contributed by atoms with Crippen molar-refractivity contribution in [1.29, 1.82) is 0 Å². The van der Waals surface area contributed by atoms with Gasteiger partial charge in [0.2, 0.25) is 0 Å². The summed E-state index contributed by atoms with van der Waals surface area (Å²) in [5, 5.41) is 64.5. The van der Waals surface area contributed by atoms with Gasteiger partial charge in [-0.05, 0) is 95.0 Å². The van der Waals surface area contributed by atoms with Crippen molar-refractivity contribution in [2.75, 3.05) is 5.73 Å². The fraction of sp³-hybridized carbons (Fsp3) is 0. The monoisotopic (exact) mass is 1160 g/mol. The van der Waals surface area contributed by atoms with Crippen LogP contribution in [0, 0.1) is 0 Å². The van der Waals surface area contributed by atoms with Crippen molar-refractivity contribution in [3.8, 4) is 17.2 Å². The van der Waals surface area contributed by atoms with Crippen molar-refractivity contribution in [2.45, 2.75) is 24.5 Å². The van der Waals surface area contributed by atoms with Gasteiger partial charge in [-0.1, -0.05) is 48.5 Å². The van der Waals surface area contributed by atoms with Crippen LogP contribution in [-0.4, -0.2) is 80.2 Å². The van der Waals surface area contributed by atoms with Crippen LogP contribution in [0.25, 0.3) is 43.1 Å². The molecule has 0 heterocycles. The van der Waals surface area contributed by atoms with Gasteiger partial charge in [-0.25, -0.2) is 0 Å². The fourth-order valence-corrected chi connectivity index (χ4v) is 11.3. The third kappa shape index (κ3) is 10.5. The average Bonchev–Trinajstić information content (AvgIpc) is 3.56. The van der Waals surface area contributed by atoms with Gasteiger partial charge < -0.3 is 21.1 Å². The van der Waals surface area contributed by atoms with Crippen LogP contribution < -0.4 is 5.73 Å². The molecule has 10 N–H and O–H groups in total. The van der Waals surface area contributed by atoms with Crippen LogP contribution in [0.5, 0.6) is 17.2 Å². The lowest BCUT2D eigenvalue weighted by molar-refractivity contribution is 0.472. The Kier molecular flexibility index (Phi) is 13.6. The van der Waals surface area contributed by atoms with E-state index in [4.69, 9.17) is 5.73 Å². The maximum Gasteiger partial charge on any atom is 0.296 e. The maximum atomic E-state index is 12.8. The SMILES string of the molecule is Nc1c(N=Nc2cc3c(O)c(N=Nc4ccc(S(=O)(=O)O)c5ccccc45)c(S(=O)(=O)O)cc3cc2S(=O)(=O)O)c(S(=O)(=O)O)cc2ccc(N=Nc3ccc4c(O)c(N=Nc5ccccc5S(=O)(=O)O)ccc4c3)c(O)c12. The van der Waals surface area contributed by atoms with E-state index in [0.717, 1.165) is 30.3 Å².